The highest BCUT2D eigenvalue weighted by Gasteiger charge is 2.19. The minimum atomic E-state index is -0.344. The van der Waals surface area contributed by atoms with Gasteiger partial charge < -0.3 is 4.74 Å². The molecular weight excluding hydrogens is 178 g/mol. The van der Waals surface area contributed by atoms with Crippen LogP contribution < -0.4 is 0 Å². The van der Waals surface area contributed by atoms with Gasteiger partial charge in [-0.05, 0) is 31.1 Å². The standard InChI is InChI=1S/C11H11NO2/c1-2-14-11(13)10-7-8-5-3-4-6-9(8)12-10/h4-7H,2-3H2,1H3. The van der Waals surface area contributed by atoms with Gasteiger partial charge in [-0.1, -0.05) is 12.2 Å². The molecular formula is C11H11NO2. The number of allylic oxidation sites excluding steroid dienone is 5. The second-order valence-electron chi connectivity index (χ2n) is 3.04. The highest BCUT2D eigenvalue weighted by molar-refractivity contribution is 6.16. The van der Waals surface area contributed by atoms with Crippen LogP contribution in [0.15, 0.2) is 40.6 Å². The zero-order valence-corrected chi connectivity index (χ0v) is 7.99. The molecule has 0 aromatic rings. The van der Waals surface area contributed by atoms with E-state index in [1.165, 1.54) is 0 Å². The van der Waals surface area contributed by atoms with Gasteiger partial charge >= 0.3 is 5.97 Å². The molecule has 0 N–H and O–H groups in total. The minimum Gasteiger partial charge on any atom is -0.461 e. The molecule has 2 aliphatic rings. The fourth-order valence-corrected chi connectivity index (χ4v) is 1.43. The van der Waals surface area contributed by atoms with Crippen molar-refractivity contribution >= 4 is 11.7 Å². The molecule has 1 aliphatic carbocycles. The number of aliphatic imine (C=N–C) groups is 1. The summed E-state index contributed by atoms with van der Waals surface area (Å²) >= 11 is 0. The van der Waals surface area contributed by atoms with Crippen LogP contribution in [0, 0.1) is 0 Å². The first-order valence-corrected chi connectivity index (χ1v) is 4.66. The third-order valence-corrected chi connectivity index (χ3v) is 2.06. The summed E-state index contributed by atoms with van der Waals surface area (Å²) < 4.78 is 4.87. The van der Waals surface area contributed by atoms with Gasteiger partial charge in [0.15, 0.2) is 0 Å². The smallest absolute Gasteiger partial charge is 0.356 e. The first kappa shape index (κ1) is 8.94. The van der Waals surface area contributed by atoms with E-state index in [1.54, 1.807) is 13.0 Å². The van der Waals surface area contributed by atoms with Crippen LogP contribution in [0.2, 0.25) is 0 Å². The fraction of sp³-hybridized carbons (Fsp3) is 0.273. The molecule has 0 saturated heterocycles. The van der Waals surface area contributed by atoms with Gasteiger partial charge in [0.1, 0.15) is 5.70 Å². The van der Waals surface area contributed by atoms with E-state index >= 15 is 0 Å². The van der Waals surface area contributed by atoms with Crippen LogP contribution in [0.25, 0.3) is 0 Å². The van der Waals surface area contributed by atoms with Gasteiger partial charge in [-0.2, -0.15) is 0 Å². The lowest BCUT2D eigenvalue weighted by molar-refractivity contribution is -0.138. The van der Waals surface area contributed by atoms with Crippen molar-refractivity contribution < 1.29 is 9.53 Å². The largest absolute Gasteiger partial charge is 0.461 e. The van der Waals surface area contributed by atoms with Crippen LogP contribution in [0.4, 0.5) is 0 Å². The van der Waals surface area contributed by atoms with Gasteiger partial charge in [0.2, 0.25) is 0 Å². The Balaban J connectivity index is 2.21. The topological polar surface area (TPSA) is 38.7 Å². The van der Waals surface area contributed by atoms with Gasteiger partial charge in [-0.25, -0.2) is 9.79 Å². The summed E-state index contributed by atoms with van der Waals surface area (Å²) in [5, 5.41) is 0. The molecule has 3 nitrogen and oxygen atoms in total. The monoisotopic (exact) mass is 189 g/mol. The lowest BCUT2D eigenvalue weighted by atomic mass is 10.1. The molecule has 14 heavy (non-hydrogen) atoms. The molecule has 0 aromatic carbocycles. The highest BCUT2D eigenvalue weighted by Crippen LogP contribution is 2.21. The van der Waals surface area contributed by atoms with Crippen molar-refractivity contribution in [3.8, 4) is 0 Å². The number of hydrogen-bond acceptors (Lipinski definition) is 3. The van der Waals surface area contributed by atoms with Gasteiger partial charge in [-0.3, -0.25) is 0 Å². The Bertz CT molecular complexity index is 386. The van der Waals surface area contributed by atoms with E-state index in [0.717, 1.165) is 17.7 Å². The lowest BCUT2D eigenvalue weighted by Gasteiger charge is -1.99. The number of hydrogen-bond donors (Lipinski definition) is 0. The van der Waals surface area contributed by atoms with Crippen molar-refractivity contribution in [2.75, 3.05) is 6.61 Å². The molecule has 0 fully saturated rings. The molecule has 0 aromatic heterocycles. The van der Waals surface area contributed by atoms with Crippen molar-refractivity contribution in [3.05, 3.63) is 35.6 Å². The van der Waals surface area contributed by atoms with Crippen molar-refractivity contribution in [1.29, 1.82) is 0 Å². The summed E-state index contributed by atoms with van der Waals surface area (Å²) in [5.74, 6) is -0.344. The van der Waals surface area contributed by atoms with Gasteiger partial charge in [0, 0.05) is 0 Å². The summed E-state index contributed by atoms with van der Waals surface area (Å²) in [4.78, 5) is 15.5. The number of rotatable bonds is 2. The van der Waals surface area contributed by atoms with Crippen molar-refractivity contribution in [1.82, 2.24) is 0 Å². The Labute approximate surface area is 82.5 Å². The maximum Gasteiger partial charge on any atom is 0.356 e. The van der Waals surface area contributed by atoms with Crippen LogP contribution in [0.1, 0.15) is 13.3 Å². The van der Waals surface area contributed by atoms with Gasteiger partial charge in [0.25, 0.3) is 0 Å². The summed E-state index contributed by atoms with van der Waals surface area (Å²) in [6.07, 6.45) is 8.67. The average Bonchev–Trinajstić information content (AvgIpc) is 2.61. The van der Waals surface area contributed by atoms with E-state index in [-0.39, 0.29) is 5.97 Å². The van der Waals surface area contributed by atoms with Crippen LogP contribution in [0.5, 0.6) is 0 Å². The third-order valence-electron chi connectivity index (χ3n) is 2.06. The summed E-state index contributed by atoms with van der Waals surface area (Å²) in [6, 6.07) is 0. The predicted octanol–water partition coefficient (Wildman–Crippen LogP) is 1.77. The Hall–Kier alpha value is -1.64. The van der Waals surface area contributed by atoms with Crippen LogP contribution in [0.3, 0.4) is 0 Å². The number of carbonyl (C=O) groups is 1. The number of carbonyl (C=O) groups excluding carboxylic acids is 1. The SMILES string of the molecule is CCOC(=O)C1=CC2=CCC=CC2=N1. The molecule has 0 unspecified atom stereocenters. The molecule has 0 atom stereocenters. The first-order valence-electron chi connectivity index (χ1n) is 4.66. The Morgan fingerprint density at radius 1 is 1.64 bits per heavy atom. The molecule has 0 amide bonds. The lowest BCUT2D eigenvalue weighted by Crippen LogP contribution is -2.04. The fourth-order valence-electron chi connectivity index (χ4n) is 1.43. The maximum absolute atomic E-state index is 11.3. The van der Waals surface area contributed by atoms with Crippen LogP contribution in [-0.2, 0) is 9.53 Å². The Morgan fingerprint density at radius 3 is 3.21 bits per heavy atom. The minimum absolute atomic E-state index is 0.344. The van der Waals surface area contributed by atoms with E-state index in [4.69, 9.17) is 4.74 Å². The summed E-state index contributed by atoms with van der Waals surface area (Å²) in [5.41, 5.74) is 2.29. The number of ether oxygens (including phenoxy) is 1. The highest BCUT2D eigenvalue weighted by atomic mass is 16.5. The molecule has 0 saturated carbocycles. The molecule has 72 valence electrons. The summed E-state index contributed by atoms with van der Waals surface area (Å²) in [6.45, 7) is 2.17. The Kier molecular flexibility index (Phi) is 2.31. The van der Waals surface area contributed by atoms with E-state index in [0.29, 0.717) is 12.3 Å². The normalized spacial score (nSPS) is 18.2. The van der Waals surface area contributed by atoms with E-state index in [2.05, 4.69) is 4.99 Å². The van der Waals surface area contributed by atoms with Crippen molar-refractivity contribution in [2.24, 2.45) is 4.99 Å². The third kappa shape index (κ3) is 1.53. The average molecular weight is 189 g/mol. The Morgan fingerprint density at radius 2 is 2.50 bits per heavy atom. The molecule has 2 rings (SSSR count). The zero-order chi connectivity index (χ0) is 9.97. The first-order chi connectivity index (χ1) is 6.81. The van der Waals surface area contributed by atoms with E-state index < -0.39 is 0 Å². The number of nitrogens with zero attached hydrogens (tertiary/aromatic N) is 1. The quantitative estimate of drug-likeness (QED) is 0.621. The molecule has 1 heterocycles. The molecule has 0 radical (unpaired) electrons. The summed E-state index contributed by atoms with van der Waals surface area (Å²) in [7, 11) is 0. The molecule has 0 bridgehead atoms. The number of fused-ring (bicyclic) bond motifs is 1. The van der Waals surface area contributed by atoms with Crippen molar-refractivity contribution in [2.45, 2.75) is 13.3 Å². The predicted molar refractivity (Wildman–Crippen MR) is 54.0 cm³/mol. The van der Waals surface area contributed by atoms with E-state index in [1.807, 2.05) is 18.2 Å². The molecule has 1 aliphatic heterocycles. The second kappa shape index (κ2) is 3.62. The van der Waals surface area contributed by atoms with Gasteiger partial charge in [-0.15, -0.1) is 0 Å². The van der Waals surface area contributed by atoms with Crippen LogP contribution in [-0.4, -0.2) is 18.3 Å². The second-order valence-corrected chi connectivity index (χ2v) is 3.04. The van der Waals surface area contributed by atoms with E-state index in [9.17, 15) is 4.79 Å². The van der Waals surface area contributed by atoms with Crippen LogP contribution >= 0.6 is 0 Å². The molecule has 0 spiro atoms. The zero-order valence-electron chi connectivity index (χ0n) is 7.99. The number of esters is 1. The molecule has 3 heteroatoms. The van der Waals surface area contributed by atoms with Crippen molar-refractivity contribution in [3.63, 3.8) is 0 Å². The maximum atomic E-state index is 11.3. The van der Waals surface area contributed by atoms with Gasteiger partial charge in [0.05, 0.1) is 12.3 Å².